The quantitative estimate of drug-likeness (QED) is 0.586. The molecule has 0 aliphatic heterocycles. The first-order valence-electron chi connectivity index (χ1n) is 7.10. The summed E-state index contributed by atoms with van der Waals surface area (Å²) in [7, 11) is 0. The molecule has 0 aliphatic carbocycles. The highest BCUT2D eigenvalue weighted by molar-refractivity contribution is 5.82. The van der Waals surface area contributed by atoms with Gasteiger partial charge in [-0.2, -0.15) is 0 Å². The molecule has 0 spiro atoms. The molecule has 1 aromatic carbocycles. The number of carbonyl (C=O) groups is 1. The minimum atomic E-state index is -1.24. The van der Waals surface area contributed by atoms with Crippen molar-refractivity contribution >= 4 is 5.97 Å². The highest BCUT2D eigenvalue weighted by Gasteiger charge is 2.38. The Bertz CT molecular complexity index is 405. The summed E-state index contributed by atoms with van der Waals surface area (Å²) >= 11 is 0. The Morgan fingerprint density at radius 1 is 1.30 bits per heavy atom. The monoisotopic (exact) mass is 279 g/mol. The van der Waals surface area contributed by atoms with E-state index in [9.17, 15) is 4.79 Å². The lowest BCUT2D eigenvalue weighted by Crippen LogP contribution is -2.50. The van der Waals surface area contributed by atoms with Gasteiger partial charge in [0.2, 0.25) is 0 Å². The fourth-order valence-corrected chi connectivity index (χ4v) is 1.81. The molecule has 4 nitrogen and oxygen atoms in total. The third-order valence-corrected chi connectivity index (χ3v) is 3.10. The Morgan fingerprint density at radius 3 is 2.50 bits per heavy atom. The molecule has 1 rings (SSSR count). The number of hydrogen-bond acceptors (Lipinski definition) is 4. The second kappa shape index (κ2) is 8.02. The van der Waals surface area contributed by atoms with Crippen LogP contribution in [0.2, 0.25) is 0 Å². The molecule has 0 fully saturated rings. The molecule has 1 aromatic rings. The Kier molecular flexibility index (Phi) is 6.68. The number of hydrogen-bond donors (Lipinski definition) is 1. The zero-order valence-electron chi connectivity index (χ0n) is 12.6. The van der Waals surface area contributed by atoms with Crippen LogP contribution in [0.1, 0.15) is 32.8 Å². The summed E-state index contributed by atoms with van der Waals surface area (Å²) in [5, 5.41) is 0. The highest BCUT2D eigenvalue weighted by Crippen LogP contribution is 2.21. The molecule has 0 bridgehead atoms. The second-order valence-corrected chi connectivity index (χ2v) is 5.29. The van der Waals surface area contributed by atoms with Gasteiger partial charge in [0.15, 0.2) is 5.54 Å². The van der Waals surface area contributed by atoms with Crippen molar-refractivity contribution in [3.05, 3.63) is 35.9 Å². The van der Waals surface area contributed by atoms with Crippen LogP contribution < -0.4 is 5.73 Å². The van der Waals surface area contributed by atoms with Crippen molar-refractivity contribution in [2.24, 2.45) is 11.7 Å². The Morgan fingerprint density at radius 2 is 1.95 bits per heavy atom. The van der Waals surface area contributed by atoms with Crippen molar-refractivity contribution in [2.45, 2.75) is 32.7 Å². The SMILES string of the molecule is CCOC(=O)C(N)(COCCC(C)C)c1ccccc1. The molecule has 0 saturated heterocycles. The van der Waals surface area contributed by atoms with E-state index in [4.69, 9.17) is 15.2 Å². The first kappa shape index (κ1) is 16.7. The molecule has 0 radical (unpaired) electrons. The van der Waals surface area contributed by atoms with Gasteiger partial charge in [-0.15, -0.1) is 0 Å². The number of nitrogens with two attached hydrogens (primary N) is 1. The molecule has 0 aliphatic rings. The van der Waals surface area contributed by atoms with Gasteiger partial charge >= 0.3 is 5.97 Å². The van der Waals surface area contributed by atoms with E-state index in [1.165, 1.54) is 0 Å². The lowest BCUT2D eigenvalue weighted by molar-refractivity contribution is -0.152. The van der Waals surface area contributed by atoms with Crippen molar-refractivity contribution < 1.29 is 14.3 Å². The first-order chi connectivity index (χ1) is 9.50. The van der Waals surface area contributed by atoms with E-state index < -0.39 is 11.5 Å². The molecular weight excluding hydrogens is 254 g/mol. The number of carbonyl (C=O) groups excluding carboxylic acids is 1. The van der Waals surface area contributed by atoms with Gasteiger partial charge in [-0.1, -0.05) is 44.2 Å². The maximum atomic E-state index is 12.2. The van der Waals surface area contributed by atoms with Crippen LogP contribution >= 0.6 is 0 Å². The summed E-state index contributed by atoms with van der Waals surface area (Å²) < 4.78 is 10.7. The minimum Gasteiger partial charge on any atom is -0.464 e. The maximum absolute atomic E-state index is 12.2. The zero-order chi connectivity index (χ0) is 15.0. The van der Waals surface area contributed by atoms with Crippen LogP contribution in [-0.4, -0.2) is 25.8 Å². The molecule has 112 valence electrons. The van der Waals surface area contributed by atoms with Gasteiger partial charge in [0.1, 0.15) is 0 Å². The molecule has 1 unspecified atom stereocenters. The highest BCUT2D eigenvalue weighted by atomic mass is 16.5. The third-order valence-electron chi connectivity index (χ3n) is 3.10. The summed E-state index contributed by atoms with van der Waals surface area (Å²) in [6.07, 6.45) is 0.938. The summed E-state index contributed by atoms with van der Waals surface area (Å²) in [6.45, 7) is 7.04. The standard InChI is InChI=1S/C16H25NO3/c1-4-20-15(18)16(17,12-19-11-10-13(2)3)14-8-6-5-7-9-14/h5-9,13H,4,10-12,17H2,1-3H3. The smallest absolute Gasteiger partial charge is 0.333 e. The van der Waals surface area contributed by atoms with Crippen LogP contribution in [0.25, 0.3) is 0 Å². The number of rotatable bonds is 8. The third kappa shape index (κ3) is 4.62. The van der Waals surface area contributed by atoms with Gasteiger partial charge in [-0.3, -0.25) is 0 Å². The lowest BCUT2D eigenvalue weighted by Gasteiger charge is -2.27. The average molecular weight is 279 g/mol. The van der Waals surface area contributed by atoms with Crippen molar-refractivity contribution in [1.29, 1.82) is 0 Å². The summed E-state index contributed by atoms with van der Waals surface area (Å²) in [5.74, 6) is 0.109. The first-order valence-corrected chi connectivity index (χ1v) is 7.10. The topological polar surface area (TPSA) is 61.5 Å². The zero-order valence-corrected chi connectivity index (χ0v) is 12.6. The Balaban J connectivity index is 2.77. The minimum absolute atomic E-state index is 0.128. The van der Waals surface area contributed by atoms with Gasteiger partial charge in [0.25, 0.3) is 0 Å². The maximum Gasteiger partial charge on any atom is 0.333 e. The van der Waals surface area contributed by atoms with Crippen LogP contribution in [0.5, 0.6) is 0 Å². The lowest BCUT2D eigenvalue weighted by atomic mass is 9.92. The van der Waals surface area contributed by atoms with Crippen molar-refractivity contribution in [3.63, 3.8) is 0 Å². The molecule has 0 saturated carbocycles. The van der Waals surface area contributed by atoms with E-state index in [1.54, 1.807) is 6.92 Å². The predicted octanol–water partition coefficient (Wildman–Crippen LogP) is 2.47. The summed E-state index contributed by atoms with van der Waals surface area (Å²) in [6, 6.07) is 9.23. The van der Waals surface area contributed by atoms with E-state index in [1.807, 2.05) is 30.3 Å². The van der Waals surface area contributed by atoms with Gasteiger partial charge in [0, 0.05) is 6.61 Å². The van der Waals surface area contributed by atoms with Crippen LogP contribution in [0, 0.1) is 5.92 Å². The van der Waals surface area contributed by atoms with Gasteiger partial charge in [-0.25, -0.2) is 4.79 Å². The van der Waals surface area contributed by atoms with E-state index >= 15 is 0 Å². The Labute approximate surface area is 121 Å². The normalized spacial score (nSPS) is 14.1. The van der Waals surface area contributed by atoms with Gasteiger partial charge in [0.05, 0.1) is 13.2 Å². The van der Waals surface area contributed by atoms with Gasteiger partial charge < -0.3 is 15.2 Å². The molecule has 2 N–H and O–H groups in total. The molecule has 20 heavy (non-hydrogen) atoms. The second-order valence-electron chi connectivity index (χ2n) is 5.29. The van der Waals surface area contributed by atoms with Crippen LogP contribution in [0.15, 0.2) is 30.3 Å². The van der Waals surface area contributed by atoms with E-state index in [-0.39, 0.29) is 6.61 Å². The van der Waals surface area contributed by atoms with Crippen LogP contribution in [0.3, 0.4) is 0 Å². The fraction of sp³-hybridized carbons (Fsp3) is 0.562. The van der Waals surface area contributed by atoms with Crippen LogP contribution in [0.4, 0.5) is 0 Å². The largest absolute Gasteiger partial charge is 0.464 e. The predicted molar refractivity (Wildman–Crippen MR) is 79.2 cm³/mol. The molecule has 1 atom stereocenters. The molecule has 0 heterocycles. The van der Waals surface area contributed by atoms with Crippen LogP contribution in [-0.2, 0) is 19.8 Å². The van der Waals surface area contributed by atoms with E-state index in [2.05, 4.69) is 13.8 Å². The van der Waals surface area contributed by atoms with Crippen molar-refractivity contribution in [3.8, 4) is 0 Å². The van der Waals surface area contributed by atoms with Gasteiger partial charge in [-0.05, 0) is 24.8 Å². The summed E-state index contributed by atoms with van der Waals surface area (Å²) in [4.78, 5) is 12.2. The number of ether oxygens (including phenoxy) is 2. The molecule has 0 amide bonds. The van der Waals surface area contributed by atoms with Crippen molar-refractivity contribution in [1.82, 2.24) is 0 Å². The molecule has 4 heteroatoms. The van der Waals surface area contributed by atoms with E-state index in [0.717, 1.165) is 6.42 Å². The number of esters is 1. The molecular formula is C16H25NO3. The summed E-state index contributed by atoms with van der Waals surface area (Å²) in [5.41, 5.74) is 5.74. The fourth-order valence-electron chi connectivity index (χ4n) is 1.81. The average Bonchev–Trinajstić information content (AvgIpc) is 2.44. The number of benzene rings is 1. The van der Waals surface area contributed by atoms with E-state index in [0.29, 0.717) is 24.7 Å². The Hall–Kier alpha value is -1.39. The molecule has 0 aromatic heterocycles. The van der Waals surface area contributed by atoms with Crippen molar-refractivity contribution in [2.75, 3.05) is 19.8 Å².